The number of aromatic nitrogens is 2. The Morgan fingerprint density at radius 3 is 2.30 bits per heavy atom. The molecule has 0 saturated heterocycles. The van der Waals surface area contributed by atoms with Gasteiger partial charge in [0.15, 0.2) is 0 Å². The maximum absolute atomic E-state index is 12.4. The largest absolute Gasteiger partial charge is 0.351 e. The average Bonchev–Trinajstić information content (AvgIpc) is 3.17. The minimum absolute atomic E-state index is 0.206. The van der Waals surface area contributed by atoms with E-state index in [9.17, 15) is 9.59 Å². The van der Waals surface area contributed by atoms with Gasteiger partial charge in [0, 0.05) is 40.0 Å². The highest BCUT2D eigenvalue weighted by atomic mass is 32.2. The Balaban J connectivity index is 1.34. The molecule has 0 fully saturated rings. The highest BCUT2D eigenvalue weighted by Crippen LogP contribution is 2.23. The number of imidazole rings is 1. The number of hydrogen-bond donors (Lipinski definition) is 3. The number of thioether (sulfide) groups is 1. The Hall–Kier alpha value is -3.78. The number of pyridine rings is 1. The molecule has 0 bridgehead atoms. The van der Waals surface area contributed by atoms with Gasteiger partial charge in [0.1, 0.15) is 5.65 Å². The zero-order chi connectivity index (χ0) is 20.9. The monoisotopic (exact) mass is 417 g/mol. The van der Waals surface area contributed by atoms with E-state index in [0.717, 1.165) is 22.0 Å². The van der Waals surface area contributed by atoms with Gasteiger partial charge >= 0.3 is 6.03 Å². The molecule has 0 aliphatic rings. The molecule has 2 heterocycles. The SMILES string of the molecule is NC(=O)Nc1ccc(NC(=O)c2ccc(SCc3cn4ccccc4n3)cc2)cc1. The molecule has 0 atom stereocenters. The van der Waals surface area contributed by atoms with Crippen LogP contribution in [0.3, 0.4) is 0 Å². The van der Waals surface area contributed by atoms with E-state index in [2.05, 4.69) is 15.6 Å². The Morgan fingerprint density at radius 1 is 0.933 bits per heavy atom. The van der Waals surface area contributed by atoms with E-state index >= 15 is 0 Å². The summed E-state index contributed by atoms with van der Waals surface area (Å²) >= 11 is 1.67. The minimum atomic E-state index is -0.633. The van der Waals surface area contributed by atoms with Crippen molar-refractivity contribution in [1.29, 1.82) is 0 Å². The summed E-state index contributed by atoms with van der Waals surface area (Å²) in [6, 6.07) is 19.5. The van der Waals surface area contributed by atoms with E-state index in [1.165, 1.54) is 0 Å². The first-order valence-corrected chi connectivity index (χ1v) is 10.2. The Kier molecular flexibility index (Phi) is 5.67. The zero-order valence-corrected chi connectivity index (χ0v) is 16.7. The smallest absolute Gasteiger partial charge is 0.316 e. The van der Waals surface area contributed by atoms with Crippen LogP contribution in [0.1, 0.15) is 16.1 Å². The lowest BCUT2D eigenvalue weighted by atomic mass is 10.2. The van der Waals surface area contributed by atoms with Crippen molar-refractivity contribution in [2.75, 3.05) is 10.6 Å². The van der Waals surface area contributed by atoms with Crippen molar-refractivity contribution < 1.29 is 9.59 Å². The molecule has 7 nitrogen and oxygen atoms in total. The first-order valence-electron chi connectivity index (χ1n) is 9.20. The number of carbonyl (C=O) groups excluding carboxylic acids is 2. The van der Waals surface area contributed by atoms with Crippen molar-refractivity contribution in [1.82, 2.24) is 9.38 Å². The number of amides is 3. The van der Waals surface area contributed by atoms with E-state index in [1.54, 1.807) is 48.2 Å². The predicted octanol–water partition coefficient (Wildman–Crippen LogP) is 4.37. The number of anilines is 2. The molecule has 0 unspecified atom stereocenters. The van der Waals surface area contributed by atoms with Gasteiger partial charge in [-0.3, -0.25) is 4.79 Å². The standard InChI is InChI=1S/C22H19N5O2S/c23-22(29)26-17-8-6-16(7-9-17)25-21(28)15-4-10-19(11-5-15)30-14-18-13-27-12-2-1-3-20(27)24-18/h1-13H,14H2,(H,25,28)(H3,23,26,29). The van der Waals surface area contributed by atoms with Crippen LogP contribution in [0.4, 0.5) is 16.2 Å². The third-order valence-electron chi connectivity index (χ3n) is 4.33. The van der Waals surface area contributed by atoms with Gasteiger partial charge in [0.2, 0.25) is 0 Å². The van der Waals surface area contributed by atoms with Crippen LogP contribution in [0.2, 0.25) is 0 Å². The van der Waals surface area contributed by atoms with Crippen LogP contribution in [-0.2, 0) is 5.75 Å². The van der Waals surface area contributed by atoms with Crippen LogP contribution < -0.4 is 16.4 Å². The van der Waals surface area contributed by atoms with Gasteiger partial charge in [-0.1, -0.05) is 6.07 Å². The molecule has 2 aromatic carbocycles. The lowest BCUT2D eigenvalue weighted by molar-refractivity contribution is 0.102. The number of carbonyl (C=O) groups is 2. The first kappa shape index (κ1) is 19.5. The molecule has 0 radical (unpaired) electrons. The van der Waals surface area contributed by atoms with Crippen molar-refractivity contribution in [3.05, 3.63) is 90.4 Å². The third kappa shape index (κ3) is 4.79. The van der Waals surface area contributed by atoms with Crippen molar-refractivity contribution in [3.8, 4) is 0 Å². The van der Waals surface area contributed by atoms with Crippen molar-refractivity contribution in [2.45, 2.75) is 10.6 Å². The second-order valence-electron chi connectivity index (χ2n) is 6.53. The van der Waals surface area contributed by atoms with Crippen LogP contribution >= 0.6 is 11.8 Å². The van der Waals surface area contributed by atoms with E-state index in [4.69, 9.17) is 5.73 Å². The number of fused-ring (bicyclic) bond motifs is 1. The van der Waals surface area contributed by atoms with Crippen molar-refractivity contribution >= 4 is 40.7 Å². The number of rotatable bonds is 6. The zero-order valence-electron chi connectivity index (χ0n) is 15.9. The quantitative estimate of drug-likeness (QED) is 0.406. The predicted molar refractivity (Wildman–Crippen MR) is 119 cm³/mol. The number of nitrogens with zero attached hydrogens (tertiary/aromatic N) is 2. The summed E-state index contributed by atoms with van der Waals surface area (Å²) in [4.78, 5) is 28.9. The molecule has 30 heavy (non-hydrogen) atoms. The molecule has 4 N–H and O–H groups in total. The number of nitrogens with one attached hydrogen (secondary N) is 2. The molecule has 4 rings (SSSR count). The lowest BCUT2D eigenvalue weighted by Crippen LogP contribution is -2.19. The second kappa shape index (κ2) is 8.71. The molecule has 0 spiro atoms. The van der Waals surface area contributed by atoms with Crippen LogP contribution in [0, 0.1) is 0 Å². The molecule has 0 aliphatic carbocycles. The fraction of sp³-hybridized carbons (Fsp3) is 0.0455. The van der Waals surface area contributed by atoms with Crippen LogP contribution in [-0.4, -0.2) is 21.3 Å². The summed E-state index contributed by atoms with van der Waals surface area (Å²) in [5.74, 6) is 0.543. The number of nitrogens with two attached hydrogens (primary N) is 1. The summed E-state index contributed by atoms with van der Waals surface area (Å²) in [5.41, 5.74) is 8.76. The highest BCUT2D eigenvalue weighted by Gasteiger charge is 2.08. The first-order chi connectivity index (χ1) is 14.6. The van der Waals surface area contributed by atoms with Crippen molar-refractivity contribution in [2.24, 2.45) is 5.73 Å². The van der Waals surface area contributed by atoms with Gasteiger partial charge in [-0.15, -0.1) is 11.8 Å². The Bertz CT molecular complexity index is 1150. The molecule has 4 aromatic rings. The summed E-state index contributed by atoms with van der Waals surface area (Å²) < 4.78 is 2.00. The van der Waals surface area contributed by atoms with Gasteiger partial charge in [-0.05, 0) is 60.7 Å². The summed E-state index contributed by atoms with van der Waals surface area (Å²) in [5, 5.41) is 5.30. The van der Waals surface area contributed by atoms with Gasteiger partial charge < -0.3 is 20.8 Å². The molecular formula is C22H19N5O2S. The van der Waals surface area contributed by atoms with E-state index in [0.29, 0.717) is 16.9 Å². The van der Waals surface area contributed by atoms with Crippen LogP contribution in [0.5, 0.6) is 0 Å². The summed E-state index contributed by atoms with van der Waals surface area (Å²) in [7, 11) is 0. The molecule has 2 aromatic heterocycles. The van der Waals surface area contributed by atoms with Crippen LogP contribution in [0.15, 0.2) is 84.0 Å². The maximum atomic E-state index is 12.4. The number of benzene rings is 2. The van der Waals surface area contributed by atoms with Gasteiger partial charge in [0.25, 0.3) is 5.91 Å². The number of urea groups is 1. The fourth-order valence-corrected chi connectivity index (χ4v) is 3.68. The highest BCUT2D eigenvalue weighted by molar-refractivity contribution is 7.98. The molecule has 3 amide bonds. The summed E-state index contributed by atoms with van der Waals surface area (Å²) in [6.07, 6.45) is 4.00. The Labute approximate surface area is 177 Å². The fourth-order valence-electron chi connectivity index (χ4n) is 2.90. The molecule has 8 heteroatoms. The van der Waals surface area contributed by atoms with E-state index in [1.807, 2.05) is 47.1 Å². The molecule has 150 valence electrons. The van der Waals surface area contributed by atoms with E-state index < -0.39 is 6.03 Å². The van der Waals surface area contributed by atoms with Crippen molar-refractivity contribution in [3.63, 3.8) is 0 Å². The number of primary amides is 1. The number of hydrogen-bond acceptors (Lipinski definition) is 4. The normalized spacial score (nSPS) is 10.7. The van der Waals surface area contributed by atoms with Gasteiger partial charge in [0.05, 0.1) is 5.69 Å². The molecule has 0 aliphatic heterocycles. The maximum Gasteiger partial charge on any atom is 0.316 e. The summed E-state index contributed by atoms with van der Waals surface area (Å²) in [6.45, 7) is 0. The second-order valence-corrected chi connectivity index (χ2v) is 7.58. The van der Waals surface area contributed by atoms with Gasteiger partial charge in [-0.25, -0.2) is 9.78 Å². The average molecular weight is 417 g/mol. The van der Waals surface area contributed by atoms with E-state index in [-0.39, 0.29) is 5.91 Å². The third-order valence-corrected chi connectivity index (χ3v) is 5.37. The molecule has 0 saturated carbocycles. The lowest BCUT2D eigenvalue weighted by Gasteiger charge is -2.07. The topological polar surface area (TPSA) is 102 Å². The molecular weight excluding hydrogens is 398 g/mol. The van der Waals surface area contributed by atoms with Crippen LogP contribution in [0.25, 0.3) is 5.65 Å². The van der Waals surface area contributed by atoms with Gasteiger partial charge in [-0.2, -0.15) is 0 Å². The Morgan fingerprint density at radius 2 is 1.63 bits per heavy atom. The minimum Gasteiger partial charge on any atom is -0.351 e.